The van der Waals surface area contributed by atoms with Crippen LogP contribution in [0.4, 0.5) is 0 Å². The molecule has 0 unspecified atom stereocenters. The smallest absolute Gasteiger partial charge is 0.408 e. The summed E-state index contributed by atoms with van der Waals surface area (Å²) in [5.74, 6) is 0.252. The Morgan fingerprint density at radius 1 is 1.12 bits per heavy atom. The second-order valence-corrected chi connectivity index (χ2v) is 7.07. The number of hydrogen-bond donors (Lipinski definition) is 0. The second kappa shape index (κ2) is 6.89. The third-order valence-electron chi connectivity index (χ3n) is 5.27. The van der Waals surface area contributed by atoms with Crippen LogP contribution in [-0.4, -0.2) is 29.1 Å². The molecule has 4 heteroatoms. The van der Waals surface area contributed by atoms with Gasteiger partial charge >= 0.3 is 5.76 Å². The number of benzene rings is 2. The van der Waals surface area contributed by atoms with Crippen LogP contribution in [0, 0.1) is 0 Å². The molecular formula is C21H24N2O2. The Kier molecular flexibility index (Phi) is 4.45. The molecule has 1 aliphatic rings. The number of fused-ring (bicyclic) bond motifs is 1. The van der Waals surface area contributed by atoms with Crippen molar-refractivity contribution in [2.24, 2.45) is 0 Å². The topological polar surface area (TPSA) is 38.4 Å². The first kappa shape index (κ1) is 16.2. The first-order valence-corrected chi connectivity index (χ1v) is 9.10. The maximum Gasteiger partial charge on any atom is 0.420 e. The highest BCUT2D eigenvalue weighted by atomic mass is 16.4. The number of aromatic nitrogens is 1. The highest BCUT2D eigenvalue weighted by Gasteiger charge is 2.26. The van der Waals surface area contributed by atoms with Gasteiger partial charge in [0, 0.05) is 13.1 Å². The zero-order valence-corrected chi connectivity index (χ0v) is 14.6. The Balaban J connectivity index is 1.53. The summed E-state index contributed by atoms with van der Waals surface area (Å²) in [5, 5.41) is 0. The minimum Gasteiger partial charge on any atom is -0.408 e. The molecule has 25 heavy (non-hydrogen) atoms. The van der Waals surface area contributed by atoms with Crippen LogP contribution in [0.25, 0.3) is 11.1 Å². The van der Waals surface area contributed by atoms with Gasteiger partial charge in [-0.15, -0.1) is 0 Å². The van der Waals surface area contributed by atoms with Gasteiger partial charge in [0.2, 0.25) is 0 Å². The molecule has 1 saturated heterocycles. The van der Waals surface area contributed by atoms with Gasteiger partial charge in [-0.05, 0) is 43.0 Å². The molecule has 4 nitrogen and oxygen atoms in total. The number of para-hydroxylation sites is 2. The monoisotopic (exact) mass is 336 g/mol. The van der Waals surface area contributed by atoms with Crippen molar-refractivity contribution in [2.75, 3.05) is 19.6 Å². The van der Waals surface area contributed by atoms with Crippen molar-refractivity contribution in [2.45, 2.75) is 31.7 Å². The van der Waals surface area contributed by atoms with E-state index in [4.69, 9.17) is 4.42 Å². The molecule has 1 fully saturated rings. The van der Waals surface area contributed by atoms with E-state index in [1.165, 1.54) is 5.56 Å². The Morgan fingerprint density at radius 3 is 2.72 bits per heavy atom. The first-order chi connectivity index (χ1) is 12.2. The van der Waals surface area contributed by atoms with Crippen LogP contribution in [0.2, 0.25) is 0 Å². The Morgan fingerprint density at radius 2 is 1.88 bits per heavy atom. The summed E-state index contributed by atoms with van der Waals surface area (Å²) in [5.41, 5.74) is 2.97. The molecule has 4 rings (SSSR count). The van der Waals surface area contributed by atoms with Crippen LogP contribution < -0.4 is 5.76 Å². The summed E-state index contributed by atoms with van der Waals surface area (Å²) in [6, 6.07) is 18.6. The van der Waals surface area contributed by atoms with Gasteiger partial charge in [0.1, 0.15) is 0 Å². The number of nitrogens with zero attached hydrogens (tertiary/aromatic N) is 2. The fourth-order valence-electron chi connectivity index (χ4n) is 4.01. The minimum absolute atomic E-state index is 0.188. The van der Waals surface area contributed by atoms with Crippen molar-refractivity contribution >= 4 is 11.1 Å². The van der Waals surface area contributed by atoms with Crippen LogP contribution in [0.1, 0.15) is 37.3 Å². The fourth-order valence-corrected chi connectivity index (χ4v) is 4.01. The van der Waals surface area contributed by atoms with Gasteiger partial charge < -0.3 is 9.32 Å². The molecule has 0 saturated carbocycles. The lowest BCUT2D eigenvalue weighted by molar-refractivity contribution is 0.168. The summed E-state index contributed by atoms with van der Waals surface area (Å²) in [6.07, 6.45) is 2.14. The lowest BCUT2D eigenvalue weighted by Crippen LogP contribution is -2.40. The van der Waals surface area contributed by atoms with Gasteiger partial charge in [0.15, 0.2) is 5.58 Å². The largest absolute Gasteiger partial charge is 0.420 e. The van der Waals surface area contributed by atoms with Crippen molar-refractivity contribution in [1.82, 2.24) is 9.47 Å². The standard InChI is InChI=1S/C21H24N2O2/c1-16(17-8-3-2-4-9-17)14-22-13-7-10-18(15-22)23-19-11-5-6-12-20(19)25-21(23)24/h2-6,8-9,11-12,16,18H,7,10,13-15H2,1H3/t16-,18-/m1/s1. The van der Waals surface area contributed by atoms with Crippen LogP contribution >= 0.6 is 0 Å². The van der Waals surface area contributed by atoms with Gasteiger partial charge in [-0.3, -0.25) is 4.57 Å². The van der Waals surface area contributed by atoms with Gasteiger partial charge in [0.05, 0.1) is 11.6 Å². The number of rotatable bonds is 4. The Labute approximate surface area is 147 Å². The van der Waals surface area contributed by atoms with Crippen molar-refractivity contribution in [1.29, 1.82) is 0 Å². The zero-order chi connectivity index (χ0) is 17.2. The molecule has 1 aliphatic heterocycles. The summed E-state index contributed by atoms with van der Waals surface area (Å²) < 4.78 is 7.28. The molecule has 3 aromatic rings. The number of piperidine rings is 1. The quantitative estimate of drug-likeness (QED) is 0.722. The van der Waals surface area contributed by atoms with E-state index >= 15 is 0 Å². The third kappa shape index (κ3) is 3.27. The van der Waals surface area contributed by atoms with E-state index in [0.717, 1.165) is 38.0 Å². The minimum atomic E-state index is -0.232. The summed E-state index contributed by atoms with van der Waals surface area (Å²) in [4.78, 5) is 14.9. The number of hydrogen-bond acceptors (Lipinski definition) is 3. The molecule has 0 bridgehead atoms. The van der Waals surface area contributed by atoms with Crippen LogP contribution in [0.15, 0.2) is 63.8 Å². The average Bonchev–Trinajstić information content (AvgIpc) is 2.98. The van der Waals surface area contributed by atoms with E-state index in [0.29, 0.717) is 11.5 Å². The van der Waals surface area contributed by atoms with E-state index < -0.39 is 0 Å². The van der Waals surface area contributed by atoms with Crippen molar-refractivity contribution in [3.8, 4) is 0 Å². The maximum atomic E-state index is 12.4. The molecule has 0 aliphatic carbocycles. The lowest BCUT2D eigenvalue weighted by atomic mass is 9.98. The number of likely N-dealkylation sites (tertiary alicyclic amines) is 1. The van der Waals surface area contributed by atoms with Crippen LogP contribution in [0.3, 0.4) is 0 Å². The molecule has 130 valence electrons. The molecule has 0 N–H and O–H groups in total. The van der Waals surface area contributed by atoms with Crippen molar-refractivity contribution in [3.63, 3.8) is 0 Å². The molecule has 0 amide bonds. The second-order valence-electron chi connectivity index (χ2n) is 7.07. The van der Waals surface area contributed by atoms with Gasteiger partial charge in [-0.1, -0.05) is 49.4 Å². The zero-order valence-electron chi connectivity index (χ0n) is 14.6. The third-order valence-corrected chi connectivity index (χ3v) is 5.27. The van der Waals surface area contributed by atoms with Gasteiger partial charge in [-0.25, -0.2) is 4.79 Å². The van der Waals surface area contributed by atoms with Gasteiger partial charge in [0.25, 0.3) is 0 Å². The molecule has 2 aromatic carbocycles. The van der Waals surface area contributed by atoms with E-state index in [-0.39, 0.29) is 11.8 Å². The number of oxazole rings is 1. The summed E-state index contributed by atoms with van der Waals surface area (Å²) >= 11 is 0. The fraction of sp³-hybridized carbons (Fsp3) is 0.381. The Hall–Kier alpha value is -2.33. The average molecular weight is 336 g/mol. The van der Waals surface area contributed by atoms with Crippen LogP contribution in [0.5, 0.6) is 0 Å². The molecule has 2 atom stereocenters. The highest BCUT2D eigenvalue weighted by Crippen LogP contribution is 2.26. The summed E-state index contributed by atoms with van der Waals surface area (Å²) in [7, 11) is 0. The van der Waals surface area contributed by atoms with E-state index in [1.807, 2.05) is 28.8 Å². The molecule has 0 radical (unpaired) electrons. The molecule has 1 aromatic heterocycles. The highest BCUT2D eigenvalue weighted by molar-refractivity contribution is 5.72. The van der Waals surface area contributed by atoms with Crippen LogP contribution in [-0.2, 0) is 0 Å². The predicted octanol–water partition coefficient (Wildman–Crippen LogP) is 4.04. The maximum absolute atomic E-state index is 12.4. The SMILES string of the molecule is C[C@H](CN1CCC[C@@H](n2c(=O)oc3ccccc32)C1)c1ccccc1. The van der Waals surface area contributed by atoms with Gasteiger partial charge in [-0.2, -0.15) is 0 Å². The van der Waals surface area contributed by atoms with E-state index in [2.05, 4.69) is 42.2 Å². The van der Waals surface area contributed by atoms with Crippen molar-refractivity contribution in [3.05, 3.63) is 70.7 Å². The summed E-state index contributed by atoms with van der Waals surface area (Å²) in [6.45, 7) is 5.29. The molecule has 0 spiro atoms. The van der Waals surface area contributed by atoms with Crippen molar-refractivity contribution < 1.29 is 4.42 Å². The van der Waals surface area contributed by atoms with E-state index in [9.17, 15) is 4.79 Å². The Bertz CT molecular complexity index is 897. The predicted molar refractivity (Wildman–Crippen MR) is 100 cm³/mol. The first-order valence-electron chi connectivity index (χ1n) is 9.10. The lowest BCUT2D eigenvalue weighted by Gasteiger charge is -2.34. The molecular weight excluding hydrogens is 312 g/mol. The normalized spacial score (nSPS) is 20.0. The molecule has 2 heterocycles. The van der Waals surface area contributed by atoms with E-state index in [1.54, 1.807) is 0 Å².